The van der Waals surface area contributed by atoms with Crippen LogP contribution < -0.4 is 5.32 Å². The zero-order chi connectivity index (χ0) is 42.1. The number of halogens is 1. The molecule has 16 heteroatoms. The first-order chi connectivity index (χ1) is 29.7. The van der Waals surface area contributed by atoms with Gasteiger partial charge >= 0.3 is 0 Å². The van der Waals surface area contributed by atoms with Gasteiger partial charge in [-0.1, -0.05) is 25.4 Å². The van der Waals surface area contributed by atoms with Crippen LogP contribution in [0.1, 0.15) is 52.0 Å². The Balaban J connectivity index is 0.000000176. The lowest BCUT2D eigenvalue weighted by Gasteiger charge is -2.32. The third-order valence-corrected chi connectivity index (χ3v) is 11.7. The normalized spacial score (nSPS) is 16.1. The molecule has 2 atom stereocenters. The van der Waals surface area contributed by atoms with Gasteiger partial charge in [0.05, 0.1) is 67.1 Å². The molecule has 0 saturated carbocycles. The molecule has 2 aliphatic heterocycles. The van der Waals surface area contributed by atoms with Gasteiger partial charge in [-0.3, -0.25) is 29.1 Å². The van der Waals surface area contributed by atoms with Crippen molar-refractivity contribution in [3.8, 4) is 22.3 Å². The van der Waals surface area contributed by atoms with Gasteiger partial charge in [-0.25, -0.2) is 9.97 Å². The number of anilines is 2. The van der Waals surface area contributed by atoms with Crippen LogP contribution in [0.25, 0.3) is 44.3 Å². The average Bonchev–Trinajstić information content (AvgIpc) is 3.98. The number of pyridine rings is 4. The Labute approximate surface area is 361 Å². The lowest BCUT2D eigenvalue weighted by Crippen LogP contribution is -2.42. The monoisotopic (exact) mass is 843 g/mol. The number of fused-ring (bicyclic) bond motifs is 2. The second-order valence-corrected chi connectivity index (χ2v) is 16.5. The molecule has 61 heavy (non-hydrogen) atoms. The van der Waals surface area contributed by atoms with Gasteiger partial charge in [-0.15, -0.1) is 5.10 Å². The smallest absolute Gasteiger partial charge is 0.154 e. The first-order valence-corrected chi connectivity index (χ1v) is 21.6. The van der Waals surface area contributed by atoms with Crippen molar-refractivity contribution in [1.29, 1.82) is 0 Å². The summed E-state index contributed by atoms with van der Waals surface area (Å²) in [5.41, 5.74) is 8.49. The van der Waals surface area contributed by atoms with Crippen LogP contribution in [-0.4, -0.2) is 124 Å². The number of ether oxygens (including phenoxy) is 2. The molecular formula is C45H54ClN13O2. The van der Waals surface area contributed by atoms with Crippen molar-refractivity contribution in [1.82, 2.24) is 59.5 Å². The van der Waals surface area contributed by atoms with E-state index < -0.39 is 0 Å². The molecule has 7 aromatic rings. The number of aryl methyl sites for hydroxylation is 2. The van der Waals surface area contributed by atoms with E-state index in [1.165, 1.54) is 0 Å². The minimum absolute atomic E-state index is 0.380. The molecule has 2 saturated heterocycles. The minimum Gasteiger partial charge on any atom is -0.379 e. The topological polar surface area (TPSA) is 150 Å². The Morgan fingerprint density at radius 3 is 1.70 bits per heavy atom. The molecule has 7 aromatic heterocycles. The van der Waals surface area contributed by atoms with Gasteiger partial charge in [-0.05, 0) is 80.6 Å². The molecule has 15 nitrogen and oxygen atoms in total. The Morgan fingerprint density at radius 2 is 1.15 bits per heavy atom. The van der Waals surface area contributed by atoms with E-state index >= 15 is 0 Å². The van der Waals surface area contributed by atoms with E-state index in [0.29, 0.717) is 34.8 Å². The molecule has 2 unspecified atom stereocenters. The Hall–Kier alpha value is -5.45. The summed E-state index contributed by atoms with van der Waals surface area (Å²) in [5, 5.41) is 21.1. The SMILES string of the molecule is CC(C)c1cnnc(Nc2ccc3ncc(-c4cnn(CCC(C)N5CCOCC5)c4)cc3n2)c1.CC(CCn1cc(-c2cnc3ccc(Cl)nc3c2)cn1)N1CCOCC1. The van der Waals surface area contributed by atoms with Crippen molar-refractivity contribution in [2.45, 2.75) is 71.6 Å². The lowest BCUT2D eigenvalue weighted by molar-refractivity contribution is 0.0176. The van der Waals surface area contributed by atoms with Crippen LogP contribution in [0, 0.1) is 0 Å². The van der Waals surface area contributed by atoms with E-state index in [2.05, 4.69) is 96.6 Å². The van der Waals surface area contributed by atoms with Gasteiger partial charge in [-0.2, -0.15) is 15.3 Å². The van der Waals surface area contributed by atoms with E-state index in [9.17, 15) is 0 Å². The standard InChI is InChI=1S/C26H32N8O.C19H22ClN5O/c1-18(2)20-13-26(32-28-15-20)31-25-5-4-23-24(30-25)12-21(14-27-23)22-16-29-34(17-22)7-6-19(3)33-8-10-35-11-9-33;1-14(24-6-8-26-9-7-24)4-5-25-13-16(12-22-25)15-10-18-17(21-11-15)2-3-19(20)23-18/h4-5,12-19H,6-11H2,1-3H3,(H,30,31,32);2-3,10-14H,4-9H2,1H3. The molecule has 0 aromatic carbocycles. The number of hydrogen-bond donors (Lipinski definition) is 1. The van der Waals surface area contributed by atoms with Crippen LogP contribution in [-0.2, 0) is 22.6 Å². The Kier molecular flexibility index (Phi) is 13.8. The summed E-state index contributed by atoms with van der Waals surface area (Å²) in [6.45, 7) is 18.0. The number of nitrogens with one attached hydrogen (secondary N) is 1. The maximum atomic E-state index is 5.99. The van der Waals surface area contributed by atoms with Crippen molar-refractivity contribution in [3.05, 3.63) is 96.6 Å². The Morgan fingerprint density at radius 1 is 0.607 bits per heavy atom. The molecule has 9 rings (SSSR count). The van der Waals surface area contributed by atoms with E-state index in [1.807, 2.05) is 64.5 Å². The van der Waals surface area contributed by atoms with E-state index in [0.717, 1.165) is 128 Å². The number of morpholine rings is 2. The summed E-state index contributed by atoms with van der Waals surface area (Å²) in [4.78, 5) is 23.2. The molecule has 0 radical (unpaired) electrons. The van der Waals surface area contributed by atoms with Gasteiger partial charge in [0.25, 0.3) is 0 Å². The predicted molar refractivity (Wildman–Crippen MR) is 239 cm³/mol. The van der Waals surface area contributed by atoms with Crippen LogP contribution in [0.15, 0.2) is 85.8 Å². The van der Waals surface area contributed by atoms with Gasteiger partial charge in [0.15, 0.2) is 5.82 Å². The van der Waals surface area contributed by atoms with Crippen molar-refractivity contribution >= 4 is 45.3 Å². The highest BCUT2D eigenvalue weighted by molar-refractivity contribution is 6.29. The summed E-state index contributed by atoms with van der Waals surface area (Å²) in [5.74, 6) is 1.77. The van der Waals surface area contributed by atoms with Crippen LogP contribution in [0.3, 0.4) is 0 Å². The fourth-order valence-corrected chi connectivity index (χ4v) is 7.73. The maximum Gasteiger partial charge on any atom is 0.154 e. The molecule has 0 bridgehead atoms. The molecule has 0 aliphatic carbocycles. The van der Waals surface area contributed by atoms with Gasteiger partial charge < -0.3 is 14.8 Å². The third kappa shape index (κ3) is 11.1. The highest BCUT2D eigenvalue weighted by Crippen LogP contribution is 2.26. The van der Waals surface area contributed by atoms with E-state index in [4.69, 9.17) is 26.1 Å². The second kappa shape index (κ2) is 19.9. The summed E-state index contributed by atoms with van der Waals surface area (Å²) in [7, 11) is 0. The fraction of sp³-hybridized carbons (Fsp3) is 0.422. The highest BCUT2D eigenvalue weighted by Gasteiger charge is 2.18. The average molecular weight is 844 g/mol. The Bertz CT molecular complexity index is 2510. The van der Waals surface area contributed by atoms with Gasteiger partial charge in [0, 0.05) is 98.4 Å². The molecule has 9 heterocycles. The molecule has 318 valence electrons. The molecule has 1 N–H and O–H groups in total. The van der Waals surface area contributed by atoms with E-state index in [-0.39, 0.29) is 0 Å². The van der Waals surface area contributed by atoms with Crippen molar-refractivity contribution in [2.75, 3.05) is 57.9 Å². The zero-order valence-corrected chi connectivity index (χ0v) is 36.1. The molecule has 0 spiro atoms. The first kappa shape index (κ1) is 42.2. The maximum absolute atomic E-state index is 5.99. The first-order valence-electron chi connectivity index (χ1n) is 21.2. The summed E-state index contributed by atoms with van der Waals surface area (Å²) in [6, 6.07) is 14.6. The van der Waals surface area contributed by atoms with Crippen LogP contribution in [0.5, 0.6) is 0 Å². The number of nitrogens with zero attached hydrogens (tertiary/aromatic N) is 12. The summed E-state index contributed by atoms with van der Waals surface area (Å²) < 4.78 is 14.9. The van der Waals surface area contributed by atoms with Crippen LogP contribution >= 0.6 is 11.6 Å². The summed E-state index contributed by atoms with van der Waals surface area (Å²) >= 11 is 5.99. The van der Waals surface area contributed by atoms with Crippen LogP contribution in [0.4, 0.5) is 11.6 Å². The van der Waals surface area contributed by atoms with Crippen molar-refractivity contribution in [2.24, 2.45) is 0 Å². The van der Waals surface area contributed by atoms with Gasteiger partial charge in [0.2, 0.25) is 0 Å². The number of hydrogen-bond acceptors (Lipinski definition) is 13. The predicted octanol–water partition coefficient (Wildman–Crippen LogP) is 7.52. The number of aromatic nitrogens is 10. The second-order valence-electron chi connectivity index (χ2n) is 16.1. The van der Waals surface area contributed by atoms with Crippen molar-refractivity contribution in [3.63, 3.8) is 0 Å². The van der Waals surface area contributed by atoms with Crippen molar-refractivity contribution < 1.29 is 9.47 Å². The molecule has 0 amide bonds. The quantitative estimate of drug-likeness (QED) is 0.114. The molecular weight excluding hydrogens is 790 g/mol. The van der Waals surface area contributed by atoms with E-state index in [1.54, 1.807) is 12.3 Å². The number of rotatable bonds is 13. The largest absolute Gasteiger partial charge is 0.379 e. The lowest BCUT2D eigenvalue weighted by atomic mass is 10.1. The third-order valence-electron chi connectivity index (χ3n) is 11.5. The fourth-order valence-electron chi connectivity index (χ4n) is 7.57. The minimum atomic E-state index is 0.380. The molecule has 2 aliphatic rings. The molecule has 2 fully saturated rings. The highest BCUT2D eigenvalue weighted by atomic mass is 35.5. The summed E-state index contributed by atoms with van der Waals surface area (Å²) in [6.07, 6.45) is 15.6. The zero-order valence-electron chi connectivity index (χ0n) is 35.4. The van der Waals surface area contributed by atoms with Gasteiger partial charge in [0.1, 0.15) is 11.0 Å². The van der Waals surface area contributed by atoms with Crippen LogP contribution in [0.2, 0.25) is 5.15 Å².